The third kappa shape index (κ3) is 3.19. The summed E-state index contributed by atoms with van der Waals surface area (Å²) in [5, 5.41) is 5.59. The van der Waals surface area contributed by atoms with Gasteiger partial charge >= 0.3 is 0 Å². The van der Waals surface area contributed by atoms with Gasteiger partial charge in [0.2, 0.25) is 0 Å². The maximum absolute atomic E-state index is 13.4. The normalized spacial score (nSPS) is 15.8. The topological polar surface area (TPSA) is 63.1 Å². The minimum Gasteiger partial charge on any atom is -0.347 e. The van der Waals surface area contributed by atoms with Gasteiger partial charge in [-0.25, -0.2) is 8.78 Å². The molecule has 8 heteroatoms. The van der Waals surface area contributed by atoms with Gasteiger partial charge in [-0.05, 0) is 44.4 Å². The first kappa shape index (κ1) is 18.4. The molecular weight excluding hydrogens is 364 g/mol. The summed E-state index contributed by atoms with van der Waals surface area (Å²) in [5.41, 5.74) is 0.718. The van der Waals surface area contributed by atoms with Crippen molar-refractivity contribution >= 4 is 29.1 Å². The zero-order valence-electron chi connectivity index (χ0n) is 14.5. The van der Waals surface area contributed by atoms with Crippen molar-refractivity contribution in [1.82, 2.24) is 9.88 Å². The summed E-state index contributed by atoms with van der Waals surface area (Å²) in [7, 11) is 1.58. The predicted molar refractivity (Wildman–Crippen MR) is 94.6 cm³/mol. The maximum atomic E-state index is 13.4. The quantitative estimate of drug-likeness (QED) is 0.833. The minimum atomic E-state index is -1.06. The summed E-state index contributed by atoms with van der Waals surface area (Å²) in [5.74, 6) is -2.95. The van der Waals surface area contributed by atoms with E-state index in [0.717, 1.165) is 12.1 Å². The number of amides is 2. The van der Waals surface area contributed by atoms with Crippen molar-refractivity contribution in [3.05, 3.63) is 51.8 Å². The Hall–Kier alpha value is -2.41. The molecule has 0 radical (unpaired) electrons. The molecule has 0 atom stereocenters. The summed E-state index contributed by atoms with van der Waals surface area (Å²) in [6.07, 6.45) is 1.10. The highest BCUT2D eigenvalue weighted by molar-refractivity contribution is 6.34. The lowest BCUT2D eigenvalue weighted by molar-refractivity contribution is 0.0915. The number of anilines is 1. The van der Waals surface area contributed by atoms with Gasteiger partial charge in [0.05, 0.1) is 5.56 Å². The van der Waals surface area contributed by atoms with E-state index in [1.54, 1.807) is 7.05 Å². The molecule has 0 spiro atoms. The smallest absolute Gasteiger partial charge is 0.272 e. The summed E-state index contributed by atoms with van der Waals surface area (Å²) in [6.45, 7) is 3.79. The lowest BCUT2D eigenvalue weighted by Crippen LogP contribution is -2.42. The molecule has 138 valence electrons. The van der Waals surface area contributed by atoms with Gasteiger partial charge in [0.1, 0.15) is 10.8 Å². The molecule has 0 saturated carbocycles. The van der Waals surface area contributed by atoms with Crippen LogP contribution in [0.1, 0.15) is 46.7 Å². The molecular formula is C18H18ClF2N3O2. The van der Waals surface area contributed by atoms with Crippen molar-refractivity contribution < 1.29 is 18.4 Å². The van der Waals surface area contributed by atoms with Gasteiger partial charge in [0.25, 0.3) is 11.8 Å². The van der Waals surface area contributed by atoms with E-state index in [4.69, 9.17) is 11.6 Å². The van der Waals surface area contributed by atoms with Crippen LogP contribution in [0.25, 0.3) is 0 Å². The van der Waals surface area contributed by atoms with Gasteiger partial charge in [0, 0.05) is 24.3 Å². The molecule has 5 nitrogen and oxygen atoms in total. The van der Waals surface area contributed by atoms with Crippen molar-refractivity contribution in [3.8, 4) is 0 Å². The highest BCUT2D eigenvalue weighted by Crippen LogP contribution is 2.32. The fourth-order valence-electron chi connectivity index (χ4n) is 3.11. The molecule has 2 aromatic rings. The number of carbonyl (C=O) groups is 2. The van der Waals surface area contributed by atoms with Gasteiger partial charge < -0.3 is 15.2 Å². The number of halogens is 3. The van der Waals surface area contributed by atoms with E-state index < -0.39 is 23.1 Å². The van der Waals surface area contributed by atoms with E-state index in [1.165, 1.54) is 10.6 Å². The monoisotopic (exact) mass is 381 g/mol. The Morgan fingerprint density at radius 1 is 1.31 bits per heavy atom. The van der Waals surface area contributed by atoms with Crippen LogP contribution in [-0.4, -0.2) is 21.9 Å². The number of rotatable bonds is 2. The number of hydrogen-bond donors (Lipinski definition) is 2. The Bertz CT molecular complexity index is 922. The van der Waals surface area contributed by atoms with Gasteiger partial charge in [-0.2, -0.15) is 0 Å². The molecule has 26 heavy (non-hydrogen) atoms. The van der Waals surface area contributed by atoms with Crippen LogP contribution in [0, 0.1) is 11.6 Å². The van der Waals surface area contributed by atoms with Crippen LogP contribution in [0.3, 0.4) is 0 Å². The second-order valence-corrected chi connectivity index (χ2v) is 7.33. The fourth-order valence-corrected chi connectivity index (χ4v) is 3.39. The van der Waals surface area contributed by atoms with Crippen LogP contribution >= 0.6 is 11.6 Å². The molecule has 2 heterocycles. The molecule has 1 aliphatic rings. The average molecular weight is 382 g/mol. The number of benzene rings is 1. The van der Waals surface area contributed by atoms with Crippen LogP contribution in [0.4, 0.5) is 14.5 Å². The highest BCUT2D eigenvalue weighted by Gasteiger charge is 2.34. The molecule has 2 N–H and O–H groups in total. The second kappa shape index (κ2) is 6.39. The first-order chi connectivity index (χ1) is 12.1. The van der Waals surface area contributed by atoms with Gasteiger partial charge in [-0.15, -0.1) is 0 Å². The molecule has 1 aliphatic heterocycles. The highest BCUT2D eigenvalue weighted by atomic mass is 35.5. The number of hydrogen-bond acceptors (Lipinski definition) is 2. The zero-order valence-corrected chi connectivity index (χ0v) is 15.3. The van der Waals surface area contributed by atoms with Crippen molar-refractivity contribution in [2.75, 3.05) is 5.32 Å². The zero-order chi connectivity index (χ0) is 19.2. The van der Waals surface area contributed by atoms with Crippen LogP contribution in [0.15, 0.2) is 18.2 Å². The van der Waals surface area contributed by atoms with E-state index in [9.17, 15) is 18.4 Å². The summed E-state index contributed by atoms with van der Waals surface area (Å²) in [4.78, 5) is 25.3. The Morgan fingerprint density at radius 3 is 2.65 bits per heavy atom. The lowest BCUT2D eigenvalue weighted by Gasteiger charge is -2.23. The molecule has 0 saturated heterocycles. The average Bonchev–Trinajstić information content (AvgIpc) is 2.72. The van der Waals surface area contributed by atoms with Crippen molar-refractivity contribution in [3.63, 3.8) is 0 Å². The largest absolute Gasteiger partial charge is 0.347 e. The van der Waals surface area contributed by atoms with Gasteiger partial charge in [-0.3, -0.25) is 9.59 Å². The van der Waals surface area contributed by atoms with Crippen LogP contribution in [0.2, 0.25) is 5.15 Å². The van der Waals surface area contributed by atoms with Crippen LogP contribution in [-0.2, 0) is 13.5 Å². The standard InChI is InChI=1S/C18H18ClF2N3O2/c1-18(2)7-6-10-13(16(25)23-18)15(19)24(3)14(10)17(26)22-9-4-5-11(20)12(21)8-9/h4-5,8H,6-7H2,1-3H3,(H,22,26)(H,23,25). The van der Waals surface area contributed by atoms with Crippen molar-refractivity contribution in [1.29, 1.82) is 0 Å². The van der Waals surface area contributed by atoms with Crippen LogP contribution in [0.5, 0.6) is 0 Å². The third-order valence-electron chi connectivity index (χ3n) is 4.50. The molecule has 1 aromatic heterocycles. The summed E-state index contributed by atoms with van der Waals surface area (Å²) in [6, 6.07) is 3.08. The number of carbonyl (C=O) groups excluding carboxylic acids is 2. The van der Waals surface area contributed by atoms with E-state index in [1.807, 2.05) is 13.8 Å². The van der Waals surface area contributed by atoms with Crippen molar-refractivity contribution in [2.45, 2.75) is 32.2 Å². The summed E-state index contributed by atoms with van der Waals surface area (Å²) >= 11 is 6.30. The van der Waals surface area contributed by atoms with E-state index in [0.29, 0.717) is 18.4 Å². The summed E-state index contributed by atoms with van der Waals surface area (Å²) < 4.78 is 27.9. The molecule has 1 aromatic carbocycles. The molecule has 2 amide bonds. The molecule has 0 fully saturated rings. The first-order valence-electron chi connectivity index (χ1n) is 8.06. The van der Waals surface area contributed by atoms with Crippen molar-refractivity contribution in [2.24, 2.45) is 7.05 Å². The lowest BCUT2D eigenvalue weighted by atomic mass is 9.96. The van der Waals surface area contributed by atoms with Gasteiger partial charge in [-0.1, -0.05) is 11.6 Å². The molecule has 0 bridgehead atoms. The third-order valence-corrected chi connectivity index (χ3v) is 4.94. The fraction of sp³-hybridized carbons (Fsp3) is 0.333. The first-order valence-corrected chi connectivity index (χ1v) is 8.44. The van der Waals surface area contributed by atoms with E-state index in [2.05, 4.69) is 10.6 Å². The molecule has 0 aliphatic carbocycles. The SMILES string of the molecule is Cn1c(Cl)c2c(c1C(=O)Nc1ccc(F)c(F)c1)CCC(C)(C)NC2=O. The number of aromatic nitrogens is 1. The Balaban J connectivity index is 2.01. The predicted octanol–water partition coefficient (Wildman–Crippen LogP) is 3.66. The second-order valence-electron chi connectivity index (χ2n) is 6.97. The minimum absolute atomic E-state index is 0.110. The van der Waals surface area contributed by atoms with E-state index in [-0.39, 0.29) is 28.0 Å². The Labute approximate surface area is 154 Å². The van der Waals surface area contributed by atoms with E-state index >= 15 is 0 Å². The molecule has 3 rings (SSSR count). The molecule has 0 unspecified atom stereocenters. The van der Waals surface area contributed by atoms with Gasteiger partial charge in [0.15, 0.2) is 11.6 Å². The maximum Gasteiger partial charge on any atom is 0.272 e. The number of nitrogens with zero attached hydrogens (tertiary/aromatic N) is 1. The van der Waals surface area contributed by atoms with Crippen LogP contribution < -0.4 is 10.6 Å². The Morgan fingerprint density at radius 2 is 2.00 bits per heavy atom. The number of fused-ring (bicyclic) bond motifs is 1. The Kier molecular flexibility index (Phi) is 4.52. The number of nitrogens with one attached hydrogen (secondary N) is 2.